The Morgan fingerprint density at radius 1 is 1.26 bits per heavy atom. The molecule has 0 aliphatic carbocycles. The molecule has 0 spiro atoms. The predicted octanol–water partition coefficient (Wildman–Crippen LogP) is 2.45. The maximum absolute atomic E-state index is 10.4. The number of benzene rings is 1. The van der Waals surface area contributed by atoms with Gasteiger partial charge >= 0.3 is 0 Å². The lowest BCUT2D eigenvalue weighted by Gasteiger charge is -2.37. The Balaban J connectivity index is 2.05. The summed E-state index contributed by atoms with van der Waals surface area (Å²) in [5.74, 6) is 0. The quantitative estimate of drug-likeness (QED) is 0.909. The smallest absolute Gasteiger partial charge is 0.0917 e. The van der Waals surface area contributed by atoms with Crippen LogP contribution in [0.5, 0.6) is 0 Å². The lowest BCUT2D eigenvalue weighted by molar-refractivity contribution is -0.0619. The molecule has 1 aliphatic rings. The zero-order valence-electron chi connectivity index (χ0n) is 12.4. The summed E-state index contributed by atoms with van der Waals surface area (Å²) in [6.07, 6.45) is -0.172. The summed E-state index contributed by atoms with van der Waals surface area (Å²) in [5.41, 5.74) is 3.43. The molecule has 106 valence electrons. The first-order chi connectivity index (χ1) is 8.95. The van der Waals surface area contributed by atoms with Crippen LogP contribution in [0.2, 0.25) is 0 Å². The van der Waals surface area contributed by atoms with E-state index in [-0.39, 0.29) is 6.10 Å². The van der Waals surface area contributed by atoms with Crippen molar-refractivity contribution in [2.75, 3.05) is 19.7 Å². The second-order valence-corrected chi connectivity index (χ2v) is 5.88. The van der Waals surface area contributed by atoms with E-state index in [1.54, 1.807) is 0 Å². The van der Waals surface area contributed by atoms with Crippen LogP contribution in [0.4, 0.5) is 0 Å². The number of aliphatic hydroxyl groups excluding tert-OH is 1. The summed E-state index contributed by atoms with van der Waals surface area (Å²) in [5, 5.41) is 10.4. The van der Waals surface area contributed by atoms with Gasteiger partial charge in [0.2, 0.25) is 0 Å². The predicted molar refractivity (Wildman–Crippen MR) is 77.3 cm³/mol. The summed E-state index contributed by atoms with van der Waals surface area (Å²) in [6.45, 7) is 10.7. The third kappa shape index (κ3) is 3.78. The fourth-order valence-corrected chi connectivity index (χ4v) is 2.76. The zero-order chi connectivity index (χ0) is 14.0. The van der Waals surface area contributed by atoms with Crippen molar-refractivity contribution in [3.63, 3.8) is 0 Å². The fraction of sp³-hybridized carbons (Fsp3) is 0.625. The van der Waals surface area contributed by atoms with Crippen molar-refractivity contribution in [3.8, 4) is 0 Å². The highest BCUT2D eigenvalue weighted by atomic mass is 16.5. The highest BCUT2D eigenvalue weighted by Crippen LogP contribution is 2.21. The van der Waals surface area contributed by atoms with E-state index in [0.29, 0.717) is 12.6 Å². The van der Waals surface area contributed by atoms with E-state index >= 15 is 0 Å². The van der Waals surface area contributed by atoms with Crippen molar-refractivity contribution >= 4 is 0 Å². The van der Waals surface area contributed by atoms with Crippen LogP contribution in [0.15, 0.2) is 18.2 Å². The SMILES string of the molecule is Cc1cc(C)cc(C(O)CN2CC(C)OCC2C)c1. The Bertz CT molecular complexity index is 413. The highest BCUT2D eigenvalue weighted by molar-refractivity contribution is 5.30. The molecule has 0 amide bonds. The summed E-state index contributed by atoms with van der Waals surface area (Å²) >= 11 is 0. The van der Waals surface area contributed by atoms with Crippen LogP contribution < -0.4 is 0 Å². The molecular formula is C16H25NO2. The third-order valence-corrected chi connectivity index (χ3v) is 3.77. The second-order valence-electron chi connectivity index (χ2n) is 5.88. The molecule has 1 N–H and O–H groups in total. The minimum absolute atomic E-state index is 0.252. The minimum Gasteiger partial charge on any atom is -0.387 e. The van der Waals surface area contributed by atoms with Gasteiger partial charge in [0, 0.05) is 19.1 Å². The van der Waals surface area contributed by atoms with Gasteiger partial charge < -0.3 is 9.84 Å². The third-order valence-electron chi connectivity index (χ3n) is 3.77. The zero-order valence-corrected chi connectivity index (χ0v) is 12.4. The molecule has 2 rings (SSSR count). The van der Waals surface area contributed by atoms with Crippen molar-refractivity contribution < 1.29 is 9.84 Å². The van der Waals surface area contributed by atoms with E-state index < -0.39 is 6.10 Å². The van der Waals surface area contributed by atoms with E-state index in [4.69, 9.17) is 4.74 Å². The first kappa shape index (κ1) is 14.5. The molecule has 3 nitrogen and oxygen atoms in total. The van der Waals surface area contributed by atoms with Gasteiger partial charge in [-0.15, -0.1) is 0 Å². The maximum atomic E-state index is 10.4. The summed E-state index contributed by atoms with van der Waals surface area (Å²) in [4.78, 5) is 2.32. The van der Waals surface area contributed by atoms with Crippen LogP contribution in [0, 0.1) is 13.8 Å². The van der Waals surface area contributed by atoms with Crippen LogP contribution in [0.1, 0.15) is 36.6 Å². The number of hydrogen-bond acceptors (Lipinski definition) is 3. The lowest BCUT2D eigenvalue weighted by atomic mass is 10.0. The van der Waals surface area contributed by atoms with Gasteiger partial charge in [0.25, 0.3) is 0 Å². The molecular weight excluding hydrogens is 238 g/mol. The molecule has 1 aromatic carbocycles. The van der Waals surface area contributed by atoms with E-state index in [1.165, 1.54) is 11.1 Å². The number of hydrogen-bond donors (Lipinski definition) is 1. The number of aryl methyl sites for hydroxylation is 2. The van der Waals surface area contributed by atoms with Crippen LogP contribution in [0.25, 0.3) is 0 Å². The summed E-state index contributed by atoms with van der Waals surface area (Å²) in [7, 11) is 0. The molecule has 1 saturated heterocycles. The molecule has 1 heterocycles. The molecule has 19 heavy (non-hydrogen) atoms. The summed E-state index contributed by atoms with van der Waals surface area (Å²) < 4.78 is 5.62. The van der Waals surface area contributed by atoms with E-state index in [1.807, 2.05) is 0 Å². The highest BCUT2D eigenvalue weighted by Gasteiger charge is 2.25. The average molecular weight is 263 g/mol. The topological polar surface area (TPSA) is 32.7 Å². The number of rotatable bonds is 3. The van der Waals surface area contributed by atoms with Crippen LogP contribution >= 0.6 is 0 Å². The Hall–Kier alpha value is -0.900. The maximum Gasteiger partial charge on any atom is 0.0917 e. The van der Waals surface area contributed by atoms with Crippen LogP contribution in [-0.4, -0.2) is 41.8 Å². The Morgan fingerprint density at radius 2 is 1.89 bits per heavy atom. The number of β-amino-alcohol motifs (C(OH)–C–C–N with tert-alkyl or cyclic N) is 1. The number of ether oxygens (including phenoxy) is 1. The number of nitrogens with zero attached hydrogens (tertiary/aromatic N) is 1. The second kappa shape index (κ2) is 6.04. The normalized spacial score (nSPS) is 26.4. The Labute approximate surface area is 116 Å². The Morgan fingerprint density at radius 3 is 2.53 bits per heavy atom. The molecule has 1 aliphatic heterocycles. The van der Waals surface area contributed by atoms with Gasteiger partial charge in [-0.25, -0.2) is 0 Å². The largest absolute Gasteiger partial charge is 0.387 e. The van der Waals surface area contributed by atoms with Gasteiger partial charge in [-0.1, -0.05) is 29.3 Å². The monoisotopic (exact) mass is 263 g/mol. The number of aliphatic hydroxyl groups is 1. The van der Waals surface area contributed by atoms with Crippen LogP contribution in [-0.2, 0) is 4.74 Å². The molecule has 3 heteroatoms. The van der Waals surface area contributed by atoms with Crippen molar-refractivity contribution in [3.05, 3.63) is 34.9 Å². The lowest BCUT2D eigenvalue weighted by Crippen LogP contribution is -2.48. The molecule has 1 aromatic rings. The van der Waals surface area contributed by atoms with Gasteiger partial charge in [-0.05, 0) is 33.3 Å². The molecule has 1 fully saturated rings. The van der Waals surface area contributed by atoms with Crippen molar-refractivity contribution in [2.45, 2.75) is 45.9 Å². The molecule has 3 unspecified atom stereocenters. The fourth-order valence-electron chi connectivity index (χ4n) is 2.76. The van der Waals surface area contributed by atoms with Gasteiger partial charge in [0.15, 0.2) is 0 Å². The summed E-state index contributed by atoms with van der Waals surface area (Å²) in [6, 6.07) is 6.66. The Kier molecular flexibility index (Phi) is 4.61. The van der Waals surface area contributed by atoms with E-state index in [0.717, 1.165) is 18.7 Å². The molecule has 0 saturated carbocycles. The van der Waals surface area contributed by atoms with Crippen LogP contribution in [0.3, 0.4) is 0 Å². The average Bonchev–Trinajstić information content (AvgIpc) is 2.32. The van der Waals surface area contributed by atoms with E-state index in [9.17, 15) is 5.11 Å². The number of morpholine rings is 1. The molecule has 0 radical (unpaired) electrons. The van der Waals surface area contributed by atoms with Gasteiger partial charge in [0.05, 0.1) is 18.8 Å². The van der Waals surface area contributed by atoms with Gasteiger partial charge in [-0.3, -0.25) is 4.90 Å². The van der Waals surface area contributed by atoms with Gasteiger partial charge in [-0.2, -0.15) is 0 Å². The molecule has 0 bridgehead atoms. The molecule has 3 atom stereocenters. The van der Waals surface area contributed by atoms with Crippen molar-refractivity contribution in [1.82, 2.24) is 4.90 Å². The minimum atomic E-state index is -0.425. The first-order valence-corrected chi connectivity index (χ1v) is 7.07. The first-order valence-electron chi connectivity index (χ1n) is 7.07. The standard InChI is InChI=1S/C16H25NO2/c1-11-5-12(2)7-15(6-11)16(18)9-17-8-14(4)19-10-13(17)3/h5-7,13-14,16,18H,8-10H2,1-4H3. The molecule has 0 aromatic heterocycles. The van der Waals surface area contributed by atoms with Gasteiger partial charge in [0.1, 0.15) is 0 Å². The van der Waals surface area contributed by atoms with Crippen molar-refractivity contribution in [1.29, 1.82) is 0 Å². The van der Waals surface area contributed by atoms with Crippen molar-refractivity contribution in [2.24, 2.45) is 0 Å². The van der Waals surface area contributed by atoms with E-state index in [2.05, 4.69) is 50.8 Å².